The van der Waals surface area contributed by atoms with Gasteiger partial charge in [-0.2, -0.15) is 0 Å². The molecule has 2 rings (SSSR count). The summed E-state index contributed by atoms with van der Waals surface area (Å²) in [5, 5.41) is 28.6. The molecule has 0 fully saturated rings. The van der Waals surface area contributed by atoms with Gasteiger partial charge in [0, 0.05) is 11.6 Å². The lowest BCUT2D eigenvalue weighted by atomic mass is 9.92. The number of benzene rings is 2. The van der Waals surface area contributed by atoms with Gasteiger partial charge in [-0.25, -0.2) is 0 Å². The van der Waals surface area contributed by atoms with E-state index in [1.54, 1.807) is 30.3 Å². The normalized spacial score (nSPS) is 10.2. The summed E-state index contributed by atoms with van der Waals surface area (Å²) in [5.74, 6) is -1.86. The van der Waals surface area contributed by atoms with E-state index in [4.69, 9.17) is 5.11 Å². The molecular weight excluding hydrogens is 260 g/mol. The Labute approximate surface area is 114 Å². The Hall–Kier alpha value is -2.82. The molecule has 0 saturated carbocycles. The third-order valence-electron chi connectivity index (χ3n) is 2.94. The van der Waals surface area contributed by atoms with Crippen LogP contribution in [0, 0.1) is 0 Å². The Morgan fingerprint density at radius 1 is 1.10 bits per heavy atom. The minimum absolute atomic E-state index is 0.0937. The van der Waals surface area contributed by atoms with Crippen LogP contribution in [-0.4, -0.2) is 27.6 Å². The summed E-state index contributed by atoms with van der Waals surface area (Å²) in [6.45, 7) is 0. The fraction of sp³-hybridized carbons (Fsp3) is 0.0667. The molecule has 0 bridgehead atoms. The van der Waals surface area contributed by atoms with E-state index in [1.165, 1.54) is 0 Å². The lowest BCUT2D eigenvalue weighted by Gasteiger charge is -2.14. The minimum Gasteiger partial charge on any atom is -0.507 e. The molecule has 5 nitrogen and oxygen atoms in total. The van der Waals surface area contributed by atoms with Gasteiger partial charge in [-0.1, -0.05) is 30.3 Å². The maximum absolute atomic E-state index is 11.1. The molecule has 0 spiro atoms. The summed E-state index contributed by atoms with van der Waals surface area (Å²) < 4.78 is 0. The molecule has 0 aliphatic heterocycles. The fourth-order valence-corrected chi connectivity index (χ4v) is 2.12. The van der Waals surface area contributed by atoms with Gasteiger partial charge in [-0.3, -0.25) is 9.59 Å². The van der Waals surface area contributed by atoms with Gasteiger partial charge in [-0.15, -0.1) is 0 Å². The van der Waals surface area contributed by atoms with Gasteiger partial charge in [0.15, 0.2) is 6.29 Å². The van der Waals surface area contributed by atoms with E-state index in [-0.39, 0.29) is 22.4 Å². The van der Waals surface area contributed by atoms with E-state index < -0.39 is 18.1 Å². The first-order chi connectivity index (χ1) is 9.54. The van der Waals surface area contributed by atoms with Crippen LogP contribution in [0.15, 0.2) is 36.4 Å². The van der Waals surface area contributed by atoms with E-state index in [9.17, 15) is 19.8 Å². The van der Waals surface area contributed by atoms with Crippen LogP contribution in [0.4, 0.5) is 0 Å². The summed E-state index contributed by atoms with van der Waals surface area (Å²) in [4.78, 5) is 22.1. The Morgan fingerprint density at radius 2 is 1.75 bits per heavy atom. The van der Waals surface area contributed by atoms with Gasteiger partial charge in [0.25, 0.3) is 0 Å². The third kappa shape index (κ3) is 2.47. The minimum atomic E-state index is -1.16. The van der Waals surface area contributed by atoms with Crippen molar-refractivity contribution in [1.82, 2.24) is 0 Å². The third-order valence-corrected chi connectivity index (χ3v) is 2.94. The highest BCUT2D eigenvalue weighted by atomic mass is 16.4. The van der Waals surface area contributed by atoms with Crippen LogP contribution < -0.4 is 0 Å². The number of aldehydes is 1. The van der Waals surface area contributed by atoms with Crippen molar-refractivity contribution in [2.24, 2.45) is 0 Å². The van der Waals surface area contributed by atoms with Gasteiger partial charge in [0.2, 0.25) is 0 Å². The van der Waals surface area contributed by atoms with Crippen molar-refractivity contribution in [2.45, 2.75) is 6.42 Å². The predicted molar refractivity (Wildman–Crippen MR) is 71.9 cm³/mol. The molecule has 0 amide bonds. The van der Waals surface area contributed by atoms with Crippen LogP contribution in [0.3, 0.4) is 0 Å². The molecule has 3 N–H and O–H groups in total. The van der Waals surface area contributed by atoms with Gasteiger partial charge in [0.05, 0.1) is 12.0 Å². The SMILES string of the molecule is O=Cc1c(O)cc(O)c(-c2ccccc2)c1CC(=O)O. The first-order valence-corrected chi connectivity index (χ1v) is 5.84. The molecule has 2 aromatic rings. The van der Waals surface area contributed by atoms with Gasteiger partial charge in [0.1, 0.15) is 11.5 Å². The second-order valence-electron chi connectivity index (χ2n) is 4.24. The molecule has 0 aliphatic carbocycles. The number of carbonyl (C=O) groups excluding carboxylic acids is 1. The van der Waals surface area contributed by atoms with Crippen LogP contribution in [0.1, 0.15) is 15.9 Å². The van der Waals surface area contributed by atoms with Gasteiger partial charge >= 0.3 is 5.97 Å². The maximum Gasteiger partial charge on any atom is 0.307 e. The molecule has 5 heteroatoms. The fourth-order valence-electron chi connectivity index (χ4n) is 2.12. The highest BCUT2D eigenvalue weighted by Gasteiger charge is 2.20. The standard InChI is InChI=1S/C15H12O5/c16-8-11-10(6-14(19)20)15(13(18)7-12(11)17)9-4-2-1-3-5-9/h1-5,7-8,17-18H,6H2,(H,19,20). The van der Waals surface area contributed by atoms with E-state index in [1.807, 2.05) is 0 Å². The monoisotopic (exact) mass is 272 g/mol. The van der Waals surface area contributed by atoms with E-state index in [0.29, 0.717) is 11.8 Å². The number of aliphatic carboxylic acids is 1. The van der Waals surface area contributed by atoms with Crippen LogP contribution in [-0.2, 0) is 11.2 Å². The number of aromatic hydroxyl groups is 2. The largest absolute Gasteiger partial charge is 0.507 e. The number of hydrogen-bond donors (Lipinski definition) is 3. The van der Waals surface area contributed by atoms with Gasteiger partial charge < -0.3 is 15.3 Å². The van der Waals surface area contributed by atoms with E-state index >= 15 is 0 Å². The molecule has 0 saturated heterocycles. The summed E-state index contributed by atoms with van der Waals surface area (Å²) in [5.41, 5.74) is 0.789. The van der Waals surface area contributed by atoms with Crippen molar-refractivity contribution in [3.63, 3.8) is 0 Å². The zero-order chi connectivity index (χ0) is 14.7. The second kappa shape index (κ2) is 5.44. The molecular formula is C15H12O5. The summed E-state index contributed by atoms with van der Waals surface area (Å²) in [7, 11) is 0. The second-order valence-corrected chi connectivity index (χ2v) is 4.24. The molecule has 2 aromatic carbocycles. The lowest BCUT2D eigenvalue weighted by molar-refractivity contribution is -0.136. The van der Waals surface area contributed by atoms with Crippen molar-refractivity contribution in [3.8, 4) is 22.6 Å². The van der Waals surface area contributed by atoms with Crippen LogP contribution in [0.2, 0.25) is 0 Å². The smallest absolute Gasteiger partial charge is 0.307 e. The highest BCUT2D eigenvalue weighted by molar-refractivity contribution is 5.92. The Bertz CT molecular complexity index is 662. The number of carbonyl (C=O) groups is 2. The van der Waals surface area contributed by atoms with Crippen molar-refractivity contribution in [2.75, 3.05) is 0 Å². The number of rotatable bonds is 4. The van der Waals surface area contributed by atoms with Crippen molar-refractivity contribution < 1.29 is 24.9 Å². The molecule has 0 atom stereocenters. The van der Waals surface area contributed by atoms with Crippen LogP contribution in [0.25, 0.3) is 11.1 Å². The Morgan fingerprint density at radius 3 is 2.30 bits per heavy atom. The zero-order valence-electron chi connectivity index (χ0n) is 10.4. The molecule has 20 heavy (non-hydrogen) atoms. The Kier molecular flexibility index (Phi) is 3.70. The molecule has 0 aromatic heterocycles. The Balaban J connectivity index is 2.77. The molecule has 0 aliphatic rings. The summed E-state index contributed by atoms with van der Waals surface area (Å²) >= 11 is 0. The first-order valence-electron chi connectivity index (χ1n) is 5.84. The summed E-state index contributed by atoms with van der Waals surface area (Å²) in [6.07, 6.45) is -0.0836. The van der Waals surface area contributed by atoms with Crippen LogP contribution >= 0.6 is 0 Å². The van der Waals surface area contributed by atoms with Crippen molar-refractivity contribution in [1.29, 1.82) is 0 Å². The summed E-state index contributed by atoms with van der Waals surface area (Å²) in [6, 6.07) is 9.65. The lowest BCUT2D eigenvalue weighted by Crippen LogP contribution is -2.06. The first kappa shape index (κ1) is 13.6. The number of hydrogen-bond acceptors (Lipinski definition) is 4. The quantitative estimate of drug-likeness (QED) is 0.742. The van der Waals surface area contributed by atoms with Crippen molar-refractivity contribution >= 4 is 12.3 Å². The van der Waals surface area contributed by atoms with Gasteiger partial charge in [-0.05, 0) is 11.1 Å². The number of phenolic OH excluding ortho intramolecular Hbond substituents is 2. The molecule has 102 valence electrons. The van der Waals surface area contributed by atoms with E-state index in [0.717, 1.165) is 6.07 Å². The molecule has 0 radical (unpaired) electrons. The van der Waals surface area contributed by atoms with Crippen molar-refractivity contribution in [3.05, 3.63) is 47.5 Å². The average Bonchev–Trinajstić information content (AvgIpc) is 2.39. The zero-order valence-corrected chi connectivity index (χ0v) is 10.4. The number of carboxylic acid groups (broad SMARTS) is 1. The highest BCUT2D eigenvalue weighted by Crippen LogP contribution is 2.38. The maximum atomic E-state index is 11.1. The van der Waals surface area contributed by atoms with E-state index in [2.05, 4.69) is 0 Å². The predicted octanol–water partition coefficient (Wildman–Crippen LogP) is 2.20. The molecule has 0 heterocycles. The number of phenols is 2. The van der Waals surface area contributed by atoms with Crippen LogP contribution in [0.5, 0.6) is 11.5 Å². The average molecular weight is 272 g/mol. The topological polar surface area (TPSA) is 94.8 Å². The molecule has 0 unspecified atom stereocenters. The number of carboxylic acids is 1.